The first-order valence-corrected chi connectivity index (χ1v) is 14.0. The number of halogens is 1. The van der Waals surface area contributed by atoms with Gasteiger partial charge in [-0.25, -0.2) is 8.60 Å². The Kier molecular flexibility index (Phi) is 6.96. The Hall–Kier alpha value is -3.92. The predicted octanol–water partition coefficient (Wildman–Crippen LogP) is 5.19. The molecule has 10 heteroatoms. The second kappa shape index (κ2) is 9.85. The lowest BCUT2D eigenvalue weighted by molar-refractivity contribution is 0.0951. The van der Waals surface area contributed by atoms with Crippen LogP contribution in [0.1, 0.15) is 28.5 Å². The van der Waals surface area contributed by atoms with Gasteiger partial charge in [-0.2, -0.15) is 4.36 Å². The molecule has 194 valence electrons. The highest BCUT2D eigenvalue weighted by Gasteiger charge is 2.20. The Labute approximate surface area is 214 Å². The molecule has 2 heterocycles. The SMILES string of the molecule is CCNC(=O)c1cc2c(-c3cc(N=S(C)(C)=O)ccc3Oc3c(C)cc(F)cc3C)cn(C)c(=O)c2[nH]1. The molecule has 1 amide bonds. The van der Waals surface area contributed by atoms with E-state index in [4.69, 9.17) is 4.74 Å². The van der Waals surface area contributed by atoms with Gasteiger partial charge in [0.05, 0.1) is 5.69 Å². The number of pyridine rings is 1. The van der Waals surface area contributed by atoms with E-state index in [1.54, 1.807) is 51.4 Å². The van der Waals surface area contributed by atoms with Crippen LogP contribution in [0.2, 0.25) is 0 Å². The Morgan fingerprint density at radius 1 is 1.14 bits per heavy atom. The Morgan fingerprint density at radius 3 is 2.43 bits per heavy atom. The van der Waals surface area contributed by atoms with E-state index in [9.17, 15) is 18.2 Å². The zero-order valence-electron chi connectivity index (χ0n) is 21.6. The van der Waals surface area contributed by atoms with Crippen LogP contribution in [0.15, 0.2) is 51.8 Å². The van der Waals surface area contributed by atoms with Crippen molar-refractivity contribution in [1.82, 2.24) is 14.9 Å². The van der Waals surface area contributed by atoms with Gasteiger partial charge in [-0.05, 0) is 68.3 Å². The number of nitrogens with zero attached hydrogens (tertiary/aromatic N) is 2. The minimum absolute atomic E-state index is 0.250. The smallest absolute Gasteiger partial charge is 0.274 e. The van der Waals surface area contributed by atoms with E-state index < -0.39 is 9.73 Å². The first kappa shape index (κ1) is 26.2. The van der Waals surface area contributed by atoms with Crippen molar-refractivity contribution in [3.8, 4) is 22.6 Å². The highest BCUT2D eigenvalue weighted by Crippen LogP contribution is 2.41. The lowest BCUT2D eigenvalue weighted by atomic mass is 10.0. The molecule has 0 saturated heterocycles. The third kappa shape index (κ3) is 5.43. The molecule has 0 atom stereocenters. The van der Waals surface area contributed by atoms with Crippen molar-refractivity contribution in [2.24, 2.45) is 11.4 Å². The fourth-order valence-corrected chi connectivity index (χ4v) is 4.84. The van der Waals surface area contributed by atoms with Gasteiger partial charge in [-0.15, -0.1) is 0 Å². The van der Waals surface area contributed by atoms with Crippen molar-refractivity contribution in [3.05, 3.63) is 75.6 Å². The molecule has 37 heavy (non-hydrogen) atoms. The standard InChI is InChI=1S/C27H29FN4O4S/c1-7-29-26(33)22-13-20-21(14-32(4)27(34)24(20)30-22)19-12-18(31-37(5,6)35)8-9-23(19)36-25-15(2)10-17(28)11-16(25)3/h8-14,30H,7H2,1-6H3,(H,29,33). The summed E-state index contributed by atoms with van der Waals surface area (Å²) in [6.45, 7) is 5.76. The van der Waals surface area contributed by atoms with Crippen LogP contribution < -0.4 is 15.6 Å². The normalized spacial score (nSPS) is 11.5. The Bertz CT molecular complexity index is 1700. The molecule has 2 aromatic carbocycles. The number of amides is 1. The summed E-state index contributed by atoms with van der Waals surface area (Å²) < 4.78 is 38.4. The molecule has 0 unspecified atom stereocenters. The molecular weight excluding hydrogens is 495 g/mol. The van der Waals surface area contributed by atoms with Crippen LogP contribution in [0.5, 0.6) is 11.5 Å². The van der Waals surface area contributed by atoms with Crippen LogP contribution in [0.3, 0.4) is 0 Å². The van der Waals surface area contributed by atoms with Gasteiger partial charge in [0.2, 0.25) is 0 Å². The number of H-pyrrole nitrogens is 1. The average Bonchev–Trinajstić information content (AvgIpc) is 3.24. The molecule has 0 fully saturated rings. The number of aromatic nitrogens is 2. The zero-order valence-corrected chi connectivity index (χ0v) is 22.4. The number of hydrogen-bond acceptors (Lipinski definition) is 5. The van der Waals surface area contributed by atoms with Crippen molar-refractivity contribution in [3.63, 3.8) is 0 Å². The number of carbonyl (C=O) groups excluding carboxylic acids is 1. The molecule has 2 aromatic heterocycles. The van der Waals surface area contributed by atoms with Gasteiger partial charge in [0.15, 0.2) is 0 Å². The van der Waals surface area contributed by atoms with Crippen LogP contribution in [0.25, 0.3) is 22.0 Å². The maximum atomic E-state index is 13.9. The third-order valence-electron chi connectivity index (χ3n) is 5.76. The number of nitrogens with one attached hydrogen (secondary N) is 2. The first-order chi connectivity index (χ1) is 17.4. The van der Waals surface area contributed by atoms with Crippen molar-refractivity contribution in [2.75, 3.05) is 19.1 Å². The van der Waals surface area contributed by atoms with Gasteiger partial charge in [0.1, 0.15) is 28.5 Å². The van der Waals surface area contributed by atoms with Gasteiger partial charge < -0.3 is 19.6 Å². The third-order valence-corrected chi connectivity index (χ3v) is 6.41. The van der Waals surface area contributed by atoms with E-state index in [0.29, 0.717) is 51.4 Å². The molecule has 0 spiro atoms. The fourth-order valence-electron chi connectivity index (χ4n) is 4.22. The monoisotopic (exact) mass is 524 g/mol. The first-order valence-electron chi connectivity index (χ1n) is 11.6. The minimum atomic E-state index is -2.46. The van der Waals surface area contributed by atoms with E-state index in [1.807, 2.05) is 6.92 Å². The van der Waals surface area contributed by atoms with Gasteiger partial charge in [-0.3, -0.25) is 9.59 Å². The van der Waals surface area contributed by atoms with Crippen molar-refractivity contribution in [2.45, 2.75) is 20.8 Å². The summed E-state index contributed by atoms with van der Waals surface area (Å²) in [5, 5.41) is 3.25. The van der Waals surface area contributed by atoms with Gasteiger partial charge >= 0.3 is 0 Å². The number of fused-ring (bicyclic) bond motifs is 1. The lowest BCUT2D eigenvalue weighted by Gasteiger charge is -2.17. The minimum Gasteiger partial charge on any atom is -0.456 e. The largest absolute Gasteiger partial charge is 0.456 e. The van der Waals surface area contributed by atoms with Crippen molar-refractivity contribution >= 4 is 32.2 Å². The van der Waals surface area contributed by atoms with E-state index in [-0.39, 0.29) is 28.5 Å². The lowest BCUT2D eigenvalue weighted by Crippen LogP contribution is -2.23. The number of carbonyl (C=O) groups is 1. The zero-order chi connectivity index (χ0) is 27.1. The van der Waals surface area contributed by atoms with E-state index in [2.05, 4.69) is 14.7 Å². The van der Waals surface area contributed by atoms with E-state index in [0.717, 1.165) is 0 Å². The maximum Gasteiger partial charge on any atom is 0.274 e. The summed E-state index contributed by atoms with van der Waals surface area (Å²) in [7, 11) is -0.842. The number of aromatic amines is 1. The highest BCUT2D eigenvalue weighted by atomic mass is 32.2. The highest BCUT2D eigenvalue weighted by molar-refractivity contribution is 7.92. The summed E-state index contributed by atoms with van der Waals surface area (Å²) in [5.41, 5.74) is 3.08. The predicted molar refractivity (Wildman–Crippen MR) is 145 cm³/mol. The van der Waals surface area contributed by atoms with Gasteiger partial charge in [0, 0.05) is 58.5 Å². The number of aryl methyl sites for hydroxylation is 3. The number of rotatable bonds is 6. The second-order valence-electron chi connectivity index (χ2n) is 9.21. The van der Waals surface area contributed by atoms with Crippen molar-refractivity contribution < 1.29 is 18.1 Å². The molecular formula is C27H29FN4O4S. The van der Waals surface area contributed by atoms with Crippen LogP contribution in [0.4, 0.5) is 10.1 Å². The molecule has 0 bridgehead atoms. The molecule has 2 N–H and O–H groups in total. The quantitative estimate of drug-likeness (QED) is 0.362. The number of benzene rings is 2. The molecule has 0 aliphatic rings. The Morgan fingerprint density at radius 2 is 1.81 bits per heavy atom. The summed E-state index contributed by atoms with van der Waals surface area (Å²) >= 11 is 0. The Balaban J connectivity index is 2.01. The van der Waals surface area contributed by atoms with Crippen LogP contribution in [-0.2, 0) is 16.8 Å². The topological polar surface area (TPSA) is 106 Å². The van der Waals surface area contributed by atoms with Gasteiger partial charge in [-0.1, -0.05) is 0 Å². The molecule has 4 aromatic rings. The molecule has 8 nitrogen and oxygen atoms in total. The van der Waals surface area contributed by atoms with E-state index in [1.165, 1.54) is 29.2 Å². The fraction of sp³-hybridized carbons (Fsp3) is 0.259. The van der Waals surface area contributed by atoms with Crippen LogP contribution >= 0.6 is 0 Å². The summed E-state index contributed by atoms with van der Waals surface area (Å²) in [4.78, 5) is 28.4. The number of ether oxygens (including phenoxy) is 1. The maximum absolute atomic E-state index is 13.9. The average molecular weight is 525 g/mol. The molecule has 0 radical (unpaired) electrons. The summed E-state index contributed by atoms with van der Waals surface area (Å²) in [5.74, 6) is 0.236. The van der Waals surface area contributed by atoms with Crippen molar-refractivity contribution in [1.29, 1.82) is 0 Å². The molecule has 0 saturated carbocycles. The molecule has 0 aliphatic carbocycles. The molecule has 0 aliphatic heterocycles. The summed E-state index contributed by atoms with van der Waals surface area (Å²) in [6.07, 6.45) is 4.74. The molecule has 4 rings (SSSR count). The van der Waals surface area contributed by atoms with Gasteiger partial charge in [0.25, 0.3) is 11.5 Å². The van der Waals surface area contributed by atoms with E-state index >= 15 is 0 Å². The second-order valence-corrected chi connectivity index (χ2v) is 11.8. The van der Waals surface area contributed by atoms with Crippen LogP contribution in [0, 0.1) is 19.7 Å². The summed E-state index contributed by atoms with van der Waals surface area (Å²) in [6, 6.07) is 9.54. The number of hydrogen-bond donors (Lipinski definition) is 2. The van der Waals surface area contributed by atoms with Crippen LogP contribution in [-0.4, -0.2) is 38.7 Å².